The van der Waals surface area contributed by atoms with Crippen molar-refractivity contribution in [2.45, 2.75) is 90.2 Å². The molecule has 2 atom stereocenters. The van der Waals surface area contributed by atoms with E-state index in [-0.39, 0.29) is 18.5 Å². The number of rotatable bonds is 12. The predicted octanol–water partition coefficient (Wildman–Crippen LogP) is 4.80. The molecule has 154 valence electrons. The summed E-state index contributed by atoms with van der Waals surface area (Å²) in [7, 11) is 0. The van der Waals surface area contributed by atoms with Gasteiger partial charge in [0.1, 0.15) is 11.5 Å². The van der Waals surface area contributed by atoms with Crippen LogP contribution in [0.4, 0.5) is 0 Å². The topological polar surface area (TPSA) is 75.7 Å². The number of phenols is 1. The first-order valence-corrected chi connectivity index (χ1v) is 10.7. The molecular weight excluding hydrogens is 338 g/mol. The van der Waals surface area contributed by atoms with E-state index in [0.717, 1.165) is 30.7 Å². The molecule has 4 nitrogen and oxygen atoms in total. The van der Waals surface area contributed by atoms with Crippen molar-refractivity contribution in [3.63, 3.8) is 0 Å². The van der Waals surface area contributed by atoms with E-state index in [2.05, 4.69) is 20.8 Å². The lowest BCUT2D eigenvalue weighted by Crippen LogP contribution is -2.46. The maximum absolute atomic E-state index is 10.4. The number of aliphatic hydroxyl groups excluding tert-OH is 1. The summed E-state index contributed by atoms with van der Waals surface area (Å²) in [6.07, 6.45) is 9.49. The van der Waals surface area contributed by atoms with Crippen molar-refractivity contribution in [1.82, 2.24) is 0 Å². The van der Waals surface area contributed by atoms with Crippen LogP contribution in [-0.2, 0) is 6.42 Å². The number of aryl methyl sites for hydroxylation is 1. The van der Waals surface area contributed by atoms with Crippen LogP contribution in [0, 0.1) is 11.8 Å². The molecule has 1 aromatic rings. The van der Waals surface area contributed by atoms with Gasteiger partial charge in [-0.2, -0.15) is 0 Å². The molecule has 0 bridgehead atoms. The first-order chi connectivity index (χ1) is 12.8. The van der Waals surface area contributed by atoms with Crippen molar-refractivity contribution < 1.29 is 14.9 Å². The molecule has 4 heteroatoms. The average Bonchev–Trinajstić information content (AvgIpc) is 2.57. The number of hydrogen-bond acceptors (Lipinski definition) is 4. The predicted molar refractivity (Wildman–Crippen MR) is 111 cm³/mol. The lowest BCUT2D eigenvalue weighted by molar-refractivity contribution is 0.135. The van der Waals surface area contributed by atoms with Crippen molar-refractivity contribution in [2.24, 2.45) is 17.6 Å². The third-order valence-electron chi connectivity index (χ3n) is 5.91. The molecule has 0 amide bonds. The minimum atomic E-state index is -0.544. The molecule has 0 aliphatic heterocycles. The highest BCUT2D eigenvalue weighted by atomic mass is 16.5. The summed E-state index contributed by atoms with van der Waals surface area (Å²) >= 11 is 0. The maximum Gasteiger partial charge on any atom is 0.123 e. The molecule has 1 aromatic carbocycles. The highest BCUT2D eigenvalue weighted by Crippen LogP contribution is 2.35. The molecule has 1 fully saturated rings. The van der Waals surface area contributed by atoms with Gasteiger partial charge in [-0.25, -0.2) is 0 Å². The minimum Gasteiger partial charge on any atom is -0.508 e. The first kappa shape index (κ1) is 22.0. The highest BCUT2D eigenvalue weighted by Gasteiger charge is 2.31. The van der Waals surface area contributed by atoms with Crippen LogP contribution in [0.5, 0.6) is 11.5 Å². The van der Waals surface area contributed by atoms with Gasteiger partial charge in [-0.3, -0.25) is 0 Å². The second kappa shape index (κ2) is 10.3. The number of phenolic OH excluding ortho intramolecular Hbond substituents is 1. The first-order valence-electron chi connectivity index (χ1n) is 10.7. The van der Waals surface area contributed by atoms with Gasteiger partial charge < -0.3 is 20.7 Å². The second-order valence-corrected chi connectivity index (χ2v) is 9.07. The van der Waals surface area contributed by atoms with E-state index in [1.54, 1.807) is 6.07 Å². The Balaban J connectivity index is 1.84. The average molecular weight is 378 g/mol. The van der Waals surface area contributed by atoms with Crippen molar-refractivity contribution in [2.75, 3.05) is 6.61 Å². The summed E-state index contributed by atoms with van der Waals surface area (Å²) in [5, 5.41) is 20.1. The van der Waals surface area contributed by atoms with Crippen LogP contribution in [0.1, 0.15) is 77.7 Å². The summed E-state index contributed by atoms with van der Waals surface area (Å²) in [5.74, 6) is 2.34. The molecule has 1 unspecified atom stereocenters. The second-order valence-electron chi connectivity index (χ2n) is 9.07. The van der Waals surface area contributed by atoms with E-state index in [1.165, 1.54) is 25.7 Å². The SMILES string of the molecule is CC(C)CCC[C@H](C)Oc1ccc(CCC(N)(CO)CC2CCC2)c(O)c1. The van der Waals surface area contributed by atoms with Gasteiger partial charge in [0.25, 0.3) is 0 Å². The largest absolute Gasteiger partial charge is 0.508 e. The monoisotopic (exact) mass is 377 g/mol. The Bertz CT molecular complexity index is 571. The summed E-state index contributed by atoms with van der Waals surface area (Å²) in [6.45, 7) is 6.55. The molecule has 0 radical (unpaired) electrons. The Hall–Kier alpha value is -1.26. The zero-order chi connectivity index (χ0) is 19.9. The van der Waals surface area contributed by atoms with Gasteiger partial charge in [0.15, 0.2) is 0 Å². The summed E-state index contributed by atoms with van der Waals surface area (Å²) < 4.78 is 5.95. The van der Waals surface area contributed by atoms with Crippen molar-refractivity contribution in [1.29, 1.82) is 0 Å². The normalized spacial score (nSPS) is 18.1. The summed E-state index contributed by atoms with van der Waals surface area (Å²) in [4.78, 5) is 0. The molecule has 2 rings (SSSR count). The van der Waals surface area contributed by atoms with Gasteiger partial charge in [0.2, 0.25) is 0 Å². The number of aromatic hydroxyl groups is 1. The molecule has 0 aromatic heterocycles. The van der Waals surface area contributed by atoms with Crippen LogP contribution in [0.2, 0.25) is 0 Å². The molecule has 0 heterocycles. The van der Waals surface area contributed by atoms with Crippen LogP contribution < -0.4 is 10.5 Å². The Morgan fingerprint density at radius 2 is 1.96 bits per heavy atom. The lowest BCUT2D eigenvalue weighted by Gasteiger charge is -2.35. The Morgan fingerprint density at radius 1 is 1.22 bits per heavy atom. The fourth-order valence-corrected chi connectivity index (χ4v) is 3.83. The number of aliphatic hydroxyl groups is 1. The molecule has 1 aliphatic rings. The summed E-state index contributed by atoms with van der Waals surface area (Å²) in [6, 6.07) is 5.56. The maximum atomic E-state index is 10.4. The number of nitrogens with two attached hydrogens (primary N) is 1. The van der Waals surface area contributed by atoms with Gasteiger partial charge in [-0.05, 0) is 62.5 Å². The van der Waals surface area contributed by atoms with Crippen LogP contribution >= 0.6 is 0 Å². The van der Waals surface area contributed by atoms with E-state index < -0.39 is 5.54 Å². The van der Waals surface area contributed by atoms with Crippen LogP contribution in [0.3, 0.4) is 0 Å². The molecule has 1 saturated carbocycles. The van der Waals surface area contributed by atoms with Gasteiger partial charge in [-0.1, -0.05) is 45.6 Å². The van der Waals surface area contributed by atoms with Gasteiger partial charge >= 0.3 is 0 Å². The molecule has 1 aliphatic carbocycles. The van der Waals surface area contributed by atoms with Gasteiger partial charge in [-0.15, -0.1) is 0 Å². The van der Waals surface area contributed by atoms with Crippen molar-refractivity contribution >= 4 is 0 Å². The number of ether oxygens (including phenoxy) is 1. The van der Waals surface area contributed by atoms with Gasteiger partial charge in [0.05, 0.1) is 12.7 Å². The zero-order valence-corrected chi connectivity index (χ0v) is 17.4. The molecule has 0 spiro atoms. The van der Waals surface area contributed by atoms with E-state index in [1.807, 2.05) is 12.1 Å². The third-order valence-corrected chi connectivity index (χ3v) is 5.91. The molecule has 0 saturated heterocycles. The third kappa shape index (κ3) is 7.34. The van der Waals surface area contributed by atoms with Crippen molar-refractivity contribution in [3.05, 3.63) is 23.8 Å². The van der Waals surface area contributed by atoms with Crippen LogP contribution in [0.15, 0.2) is 18.2 Å². The van der Waals surface area contributed by atoms with Gasteiger partial charge in [0, 0.05) is 11.6 Å². The molecule has 4 N–H and O–H groups in total. The minimum absolute atomic E-state index is 0.000646. The smallest absolute Gasteiger partial charge is 0.123 e. The van der Waals surface area contributed by atoms with Crippen LogP contribution in [0.25, 0.3) is 0 Å². The molecular formula is C23H39NO3. The standard InChI is InChI=1S/C23H39NO3/c1-17(2)6-4-7-18(3)27-21-11-10-20(22(26)14-21)12-13-23(24,16-25)15-19-8-5-9-19/h10-11,14,17-19,25-26H,4-9,12-13,15-16,24H2,1-3H3/t18-,23?/m0/s1. The van der Waals surface area contributed by atoms with E-state index in [4.69, 9.17) is 10.5 Å². The Labute approximate surface area is 165 Å². The highest BCUT2D eigenvalue weighted by molar-refractivity contribution is 5.40. The fraction of sp³-hybridized carbons (Fsp3) is 0.739. The Morgan fingerprint density at radius 3 is 2.52 bits per heavy atom. The number of benzene rings is 1. The molecule has 27 heavy (non-hydrogen) atoms. The quantitative estimate of drug-likeness (QED) is 0.489. The fourth-order valence-electron chi connectivity index (χ4n) is 3.83. The summed E-state index contributed by atoms with van der Waals surface area (Å²) in [5.41, 5.74) is 6.74. The number of hydrogen-bond donors (Lipinski definition) is 3. The van der Waals surface area contributed by atoms with E-state index in [9.17, 15) is 10.2 Å². The zero-order valence-electron chi connectivity index (χ0n) is 17.4. The van der Waals surface area contributed by atoms with Crippen molar-refractivity contribution in [3.8, 4) is 11.5 Å². The van der Waals surface area contributed by atoms with E-state index in [0.29, 0.717) is 24.5 Å². The van der Waals surface area contributed by atoms with Crippen LogP contribution in [-0.4, -0.2) is 28.5 Å². The van der Waals surface area contributed by atoms with E-state index >= 15 is 0 Å². The Kier molecular flexibility index (Phi) is 8.43. The lowest BCUT2D eigenvalue weighted by atomic mass is 9.75.